The zero-order valence-corrected chi connectivity index (χ0v) is 13.0. The smallest absolute Gasteiger partial charge is 0.159 e. The van der Waals surface area contributed by atoms with Gasteiger partial charge in [0.15, 0.2) is 5.78 Å². The lowest BCUT2D eigenvalue weighted by Crippen LogP contribution is -2.12. The van der Waals surface area contributed by atoms with E-state index in [2.05, 4.69) is 36.4 Å². The van der Waals surface area contributed by atoms with Crippen molar-refractivity contribution in [3.63, 3.8) is 0 Å². The number of carbonyl (C=O) groups excluding carboxylic acids is 1. The zero-order chi connectivity index (χ0) is 15.5. The summed E-state index contributed by atoms with van der Waals surface area (Å²) in [6.45, 7) is 1.64. The summed E-state index contributed by atoms with van der Waals surface area (Å²) in [6, 6.07) is 20.7. The third-order valence-corrected chi connectivity index (χ3v) is 4.43. The van der Waals surface area contributed by atoms with Crippen molar-refractivity contribution in [1.29, 1.82) is 0 Å². The Kier molecular flexibility index (Phi) is 4.10. The van der Waals surface area contributed by atoms with E-state index in [-0.39, 0.29) is 17.6 Å². The number of Topliss-reactive ketones (excluding diaryl/α,β-unsaturated/α-hetero) is 1. The number of hydrogen-bond donors (Lipinski definition) is 0. The molecule has 2 atom stereocenters. The Morgan fingerprint density at radius 2 is 1.50 bits per heavy atom. The number of benzene rings is 2. The first-order chi connectivity index (χ1) is 10.7. The first-order valence-electron chi connectivity index (χ1n) is 7.60. The molecule has 2 aromatic rings. The van der Waals surface area contributed by atoms with E-state index < -0.39 is 0 Å². The fourth-order valence-electron chi connectivity index (χ4n) is 3.48. The van der Waals surface area contributed by atoms with Crippen molar-refractivity contribution in [2.45, 2.75) is 25.2 Å². The van der Waals surface area contributed by atoms with Crippen LogP contribution in [-0.4, -0.2) is 12.9 Å². The highest BCUT2D eigenvalue weighted by atomic mass is 16.5. The second-order valence-corrected chi connectivity index (χ2v) is 5.71. The molecule has 0 N–H and O–H groups in total. The topological polar surface area (TPSA) is 26.3 Å². The van der Waals surface area contributed by atoms with Gasteiger partial charge in [-0.25, -0.2) is 0 Å². The molecule has 3 rings (SSSR count). The van der Waals surface area contributed by atoms with Gasteiger partial charge in [0.2, 0.25) is 0 Å². The summed E-state index contributed by atoms with van der Waals surface area (Å²) in [5.41, 5.74) is 3.25. The Hall–Kier alpha value is -2.35. The van der Waals surface area contributed by atoms with Crippen molar-refractivity contribution in [2.24, 2.45) is 0 Å². The average Bonchev–Trinajstić information content (AvgIpc) is 2.96. The summed E-state index contributed by atoms with van der Waals surface area (Å²) in [5.74, 6) is 1.24. The predicted molar refractivity (Wildman–Crippen MR) is 87.7 cm³/mol. The number of methoxy groups -OCH3 is 1. The molecule has 0 saturated carbocycles. The first kappa shape index (κ1) is 14.6. The van der Waals surface area contributed by atoms with E-state index in [9.17, 15) is 4.79 Å². The molecule has 1 aliphatic rings. The third-order valence-electron chi connectivity index (χ3n) is 4.43. The molecule has 1 aliphatic carbocycles. The van der Waals surface area contributed by atoms with Gasteiger partial charge in [-0.05, 0) is 18.1 Å². The van der Waals surface area contributed by atoms with Crippen LogP contribution in [0.1, 0.15) is 36.3 Å². The Labute approximate surface area is 131 Å². The number of ether oxygens (including phenoxy) is 1. The van der Waals surface area contributed by atoms with E-state index in [4.69, 9.17) is 4.74 Å². The van der Waals surface area contributed by atoms with Crippen LogP contribution in [0.25, 0.3) is 0 Å². The molecule has 0 aliphatic heterocycles. The number of allylic oxidation sites excluding steroid dienone is 2. The summed E-state index contributed by atoms with van der Waals surface area (Å²) in [4.78, 5) is 12.2. The molecule has 2 unspecified atom stereocenters. The van der Waals surface area contributed by atoms with Gasteiger partial charge in [0.25, 0.3) is 0 Å². The number of rotatable bonds is 4. The Bertz CT molecular complexity index is 686. The van der Waals surface area contributed by atoms with Gasteiger partial charge in [0, 0.05) is 23.8 Å². The highest BCUT2D eigenvalue weighted by Crippen LogP contribution is 2.49. The van der Waals surface area contributed by atoms with E-state index in [1.165, 1.54) is 11.1 Å². The predicted octanol–water partition coefficient (Wildman–Crippen LogP) is 4.45. The van der Waals surface area contributed by atoms with Crippen LogP contribution < -0.4 is 0 Å². The molecular formula is C20H20O2. The van der Waals surface area contributed by atoms with Crippen molar-refractivity contribution in [3.05, 3.63) is 83.1 Å². The second kappa shape index (κ2) is 6.18. The maximum absolute atomic E-state index is 12.2. The molecule has 0 saturated heterocycles. The molecule has 0 radical (unpaired) electrons. The maximum atomic E-state index is 12.2. The Morgan fingerprint density at radius 1 is 0.955 bits per heavy atom. The SMILES string of the molecule is COC1=C(C(C)=O)C(c2ccccc2)C(c2ccccc2)C1. The number of hydrogen-bond acceptors (Lipinski definition) is 2. The van der Waals surface area contributed by atoms with Crippen molar-refractivity contribution < 1.29 is 9.53 Å². The minimum absolute atomic E-state index is 0.0658. The van der Waals surface area contributed by atoms with Crippen LogP contribution in [0.15, 0.2) is 72.0 Å². The lowest BCUT2D eigenvalue weighted by molar-refractivity contribution is -0.114. The summed E-state index contributed by atoms with van der Waals surface area (Å²) >= 11 is 0. The number of carbonyl (C=O) groups is 1. The zero-order valence-electron chi connectivity index (χ0n) is 13.0. The summed E-state index contributed by atoms with van der Waals surface area (Å²) < 4.78 is 5.55. The molecule has 0 fully saturated rings. The van der Waals surface area contributed by atoms with Gasteiger partial charge in [0.1, 0.15) is 5.76 Å². The second-order valence-electron chi connectivity index (χ2n) is 5.71. The van der Waals surface area contributed by atoms with Crippen molar-refractivity contribution in [2.75, 3.05) is 7.11 Å². The van der Waals surface area contributed by atoms with Crippen LogP contribution in [0.5, 0.6) is 0 Å². The molecule has 0 aromatic heterocycles. The molecule has 22 heavy (non-hydrogen) atoms. The summed E-state index contributed by atoms with van der Waals surface area (Å²) in [7, 11) is 1.66. The standard InChI is InChI=1S/C20H20O2/c1-14(21)19-18(22-2)13-17(15-9-5-3-6-10-15)20(19)16-11-7-4-8-12-16/h3-12,17,20H,13H2,1-2H3. The monoisotopic (exact) mass is 292 g/mol. The van der Waals surface area contributed by atoms with Crippen LogP contribution in [0, 0.1) is 0 Å². The van der Waals surface area contributed by atoms with Crippen molar-refractivity contribution >= 4 is 5.78 Å². The van der Waals surface area contributed by atoms with Gasteiger partial charge in [0.05, 0.1) is 7.11 Å². The third kappa shape index (κ3) is 2.57. The van der Waals surface area contributed by atoms with Gasteiger partial charge in [-0.3, -0.25) is 4.79 Å². The normalized spacial score (nSPS) is 21.0. The van der Waals surface area contributed by atoms with E-state index >= 15 is 0 Å². The molecule has 2 nitrogen and oxygen atoms in total. The largest absolute Gasteiger partial charge is 0.501 e. The molecule has 2 aromatic carbocycles. The van der Waals surface area contributed by atoms with Gasteiger partial charge >= 0.3 is 0 Å². The van der Waals surface area contributed by atoms with Crippen LogP contribution in [0.4, 0.5) is 0 Å². The lowest BCUT2D eigenvalue weighted by atomic mass is 9.80. The quantitative estimate of drug-likeness (QED) is 0.832. The molecule has 112 valence electrons. The fraction of sp³-hybridized carbons (Fsp3) is 0.250. The molecule has 0 amide bonds. The van der Waals surface area contributed by atoms with E-state index in [1.807, 2.05) is 24.3 Å². The Morgan fingerprint density at radius 3 is 2.00 bits per heavy atom. The number of ketones is 1. The van der Waals surface area contributed by atoms with Crippen molar-refractivity contribution in [3.8, 4) is 0 Å². The van der Waals surface area contributed by atoms with E-state index in [1.54, 1.807) is 14.0 Å². The molecule has 0 bridgehead atoms. The summed E-state index contributed by atoms with van der Waals surface area (Å²) in [5, 5.41) is 0. The van der Waals surface area contributed by atoms with Gasteiger partial charge < -0.3 is 4.74 Å². The molecule has 0 spiro atoms. The highest BCUT2D eigenvalue weighted by molar-refractivity contribution is 5.96. The lowest BCUT2D eigenvalue weighted by Gasteiger charge is -2.22. The van der Waals surface area contributed by atoms with Gasteiger partial charge in [-0.1, -0.05) is 60.7 Å². The minimum Gasteiger partial charge on any atom is -0.501 e. The van der Waals surface area contributed by atoms with Crippen LogP contribution >= 0.6 is 0 Å². The molecular weight excluding hydrogens is 272 g/mol. The molecule has 0 heterocycles. The highest BCUT2D eigenvalue weighted by Gasteiger charge is 2.39. The van der Waals surface area contributed by atoms with E-state index in [0.29, 0.717) is 0 Å². The van der Waals surface area contributed by atoms with Gasteiger partial charge in [-0.15, -0.1) is 0 Å². The van der Waals surface area contributed by atoms with Crippen LogP contribution in [-0.2, 0) is 9.53 Å². The maximum Gasteiger partial charge on any atom is 0.159 e. The first-order valence-corrected chi connectivity index (χ1v) is 7.60. The molecule has 2 heteroatoms. The van der Waals surface area contributed by atoms with Crippen LogP contribution in [0.2, 0.25) is 0 Å². The average molecular weight is 292 g/mol. The fourth-order valence-corrected chi connectivity index (χ4v) is 3.48. The van der Waals surface area contributed by atoms with Gasteiger partial charge in [-0.2, -0.15) is 0 Å². The van der Waals surface area contributed by atoms with Crippen LogP contribution in [0.3, 0.4) is 0 Å². The van der Waals surface area contributed by atoms with E-state index in [0.717, 1.165) is 17.8 Å². The minimum atomic E-state index is 0.0658. The Balaban J connectivity index is 2.11. The summed E-state index contributed by atoms with van der Waals surface area (Å²) in [6.07, 6.45) is 0.773. The van der Waals surface area contributed by atoms with Crippen molar-refractivity contribution in [1.82, 2.24) is 0 Å².